The van der Waals surface area contributed by atoms with Gasteiger partial charge in [0.05, 0.1) is 24.7 Å². The summed E-state index contributed by atoms with van der Waals surface area (Å²) in [5.41, 5.74) is 0.881. The average molecular weight is 578 g/mol. The number of sulfonamides is 1. The van der Waals surface area contributed by atoms with Gasteiger partial charge in [0.1, 0.15) is 9.88 Å². The largest absolute Gasteiger partial charge is 0.465 e. The first-order valence-corrected chi connectivity index (χ1v) is 15.3. The molecule has 4 aliphatic carbocycles. The van der Waals surface area contributed by atoms with Crippen LogP contribution in [0, 0.1) is 24.7 Å². The van der Waals surface area contributed by atoms with Crippen molar-refractivity contribution in [2.45, 2.75) is 55.9 Å². The van der Waals surface area contributed by atoms with Crippen LogP contribution in [-0.2, 0) is 19.5 Å². The highest BCUT2D eigenvalue weighted by atomic mass is 32.2. The minimum absolute atomic E-state index is 0.162. The highest BCUT2D eigenvalue weighted by molar-refractivity contribution is 7.89. The second kappa shape index (κ2) is 10.2. The van der Waals surface area contributed by atoms with Crippen LogP contribution < -0.4 is 15.4 Å². The van der Waals surface area contributed by atoms with Crippen molar-refractivity contribution >= 4 is 61.3 Å². The second-order valence-corrected chi connectivity index (χ2v) is 13.8. The summed E-state index contributed by atoms with van der Waals surface area (Å²) in [7, 11) is -1.15. The third-order valence-corrected chi connectivity index (χ3v) is 10.9. The Morgan fingerprint density at radius 1 is 0.947 bits per heavy atom. The lowest BCUT2D eigenvalue weighted by Crippen LogP contribution is -2.59. The lowest BCUT2D eigenvalue weighted by Gasteiger charge is -2.56. The highest BCUT2D eigenvalue weighted by Gasteiger charge is 2.52. The number of anilines is 2. The SMILES string of the molecule is COC(=O)c1sc(NC(=S)Nc2ccc(S(=O)(=O)NC34CC5CC(CC(C5)C3)C4)cc2)c(C(=O)OC)c1C. The molecule has 1 aromatic carbocycles. The van der Waals surface area contributed by atoms with E-state index in [-0.39, 0.29) is 26.0 Å². The van der Waals surface area contributed by atoms with Gasteiger partial charge in [-0.15, -0.1) is 11.3 Å². The molecule has 3 N–H and O–H groups in total. The van der Waals surface area contributed by atoms with Crippen LogP contribution in [-0.4, -0.2) is 45.2 Å². The average Bonchev–Trinajstić information content (AvgIpc) is 3.17. The highest BCUT2D eigenvalue weighted by Crippen LogP contribution is 2.56. The van der Waals surface area contributed by atoms with E-state index in [0.717, 1.165) is 30.6 Å². The van der Waals surface area contributed by atoms with Crippen molar-refractivity contribution in [3.8, 4) is 0 Å². The molecular weight excluding hydrogens is 547 g/mol. The summed E-state index contributed by atoms with van der Waals surface area (Å²) in [6, 6.07) is 6.39. The maximum absolute atomic E-state index is 13.3. The van der Waals surface area contributed by atoms with Gasteiger partial charge < -0.3 is 20.1 Å². The summed E-state index contributed by atoms with van der Waals surface area (Å²) in [5, 5.41) is 6.44. The third kappa shape index (κ3) is 5.18. The smallest absolute Gasteiger partial charge is 0.348 e. The number of esters is 2. The molecule has 12 heteroatoms. The Bertz CT molecular complexity index is 1350. The number of thiocarbonyl (C=S) groups is 1. The van der Waals surface area contributed by atoms with Crippen molar-refractivity contribution < 1.29 is 27.5 Å². The molecule has 4 aliphatic rings. The van der Waals surface area contributed by atoms with Crippen LogP contribution in [0.1, 0.15) is 64.1 Å². The quantitative estimate of drug-likeness (QED) is 0.318. The van der Waals surface area contributed by atoms with Crippen LogP contribution >= 0.6 is 23.6 Å². The molecule has 0 spiro atoms. The van der Waals surface area contributed by atoms with Crippen LogP contribution in [0.5, 0.6) is 0 Å². The van der Waals surface area contributed by atoms with Crippen LogP contribution in [0.2, 0.25) is 0 Å². The number of benzene rings is 1. The minimum atomic E-state index is -3.67. The zero-order chi connectivity index (χ0) is 27.2. The van der Waals surface area contributed by atoms with Crippen molar-refractivity contribution in [3.05, 3.63) is 40.3 Å². The summed E-state index contributed by atoms with van der Waals surface area (Å²) in [4.78, 5) is 24.9. The third-order valence-electron chi connectivity index (χ3n) is 7.95. The lowest BCUT2D eigenvalue weighted by atomic mass is 9.53. The molecule has 2 aromatic rings. The number of nitrogens with one attached hydrogen (secondary N) is 3. The molecule has 204 valence electrons. The molecule has 1 aromatic heterocycles. The molecule has 9 nitrogen and oxygen atoms in total. The molecule has 4 bridgehead atoms. The molecule has 4 fully saturated rings. The van der Waals surface area contributed by atoms with E-state index in [1.165, 1.54) is 33.5 Å². The van der Waals surface area contributed by atoms with E-state index >= 15 is 0 Å². The Morgan fingerprint density at radius 2 is 1.50 bits per heavy atom. The van der Waals surface area contributed by atoms with Gasteiger partial charge in [-0.25, -0.2) is 22.7 Å². The molecular formula is C26H31N3O6S3. The van der Waals surface area contributed by atoms with Crippen molar-refractivity contribution in [1.29, 1.82) is 0 Å². The first-order valence-electron chi connectivity index (χ1n) is 12.5. The predicted octanol–water partition coefficient (Wildman–Crippen LogP) is 4.69. The minimum Gasteiger partial charge on any atom is -0.465 e. The second-order valence-electron chi connectivity index (χ2n) is 10.7. The number of hydrogen-bond acceptors (Lipinski definition) is 8. The van der Waals surface area contributed by atoms with Gasteiger partial charge in [-0.1, -0.05) is 0 Å². The van der Waals surface area contributed by atoms with Gasteiger partial charge in [-0.2, -0.15) is 0 Å². The summed E-state index contributed by atoms with van der Waals surface area (Å²) in [6.07, 6.45) is 6.53. The Labute approximate surface area is 231 Å². The van der Waals surface area contributed by atoms with E-state index in [1.807, 2.05) is 0 Å². The summed E-state index contributed by atoms with van der Waals surface area (Å²) < 4.78 is 39.3. The van der Waals surface area contributed by atoms with Crippen LogP contribution in [0.15, 0.2) is 29.2 Å². The van der Waals surface area contributed by atoms with Crippen molar-refractivity contribution in [3.63, 3.8) is 0 Å². The maximum Gasteiger partial charge on any atom is 0.348 e. The Kier molecular flexibility index (Phi) is 7.27. The van der Waals surface area contributed by atoms with Crippen LogP contribution in [0.3, 0.4) is 0 Å². The summed E-state index contributed by atoms with van der Waals surface area (Å²) in [6.45, 7) is 1.63. The van der Waals surface area contributed by atoms with Gasteiger partial charge in [-0.05, 0) is 105 Å². The van der Waals surface area contributed by atoms with Crippen molar-refractivity contribution in [1.82, 2.24) is 4.72 Å². The van der Waals surface area contributed by atoms with Crippen LogP contribution in [0.25, 0.3) is 0 Å². The molecule has 0 radical (unpaired) electrons. The molecule has 6 rings (SSSR count). The van der Waals surface area contributed by atoms with Crippen molar-refractivity contribution in [2.24, 2.45) is 17.8 Å². The van der Waals surface area contributed by atoms with E-state index in [4.69, 9.17) is 21.7 Å². The van der Waals surface area contributed by atoms with E-state index in [9.17, 15) is 18.0 Å². The van der Waals surface area contributed by atoms with E-state index < -0.39 is 22.0 Å². The monoisotopic (exact) mass is 577 g/mol. The molecule has 0 saturated heterocycles. The summed E-state index contributed by atoms with van der Waals surface area (Å²) >= 11 is 6.44. The molecule has 0 amide bonds. The fraction of sp³-hybridized carbons (Fsp3) is 0.500. The van der Waals surface area contributed by atoms with Crippen molar-refractivity contribution in [2.75, 3.05) is 24.9 Å². The van der Waals surface area contributed by atoms with Gasteiger partial charge >= 0.3 is 11.9 Å². The Balaban J connectivity index is 1.27. The Hall–Kier alpha value is -2.54. The molecule has 0 aliphatic heterocycles. The first kappa shape index (κ1) is 27.0. The molecule has 4 saturated carbocycles. The standard InChI is InChI=1S/C26H31N3O6S3/c1-14-20(23(30)34-2)22(37-21(14)24(31)35-3)28-25(36)27-18-4-6-19(7-5-18)38(32,33)29-26-11-15-8-16(12-26)10-17(9-15)13-26/h4-7,15-17,29H,8-13H2,1-3H3,(H2,27,28,36). The molecule has 1 heterocycles. The van der Waals surface area contributed by atoms with E-state index in [1.54, 1.807) is 31.2 Å². The predicted molar refractivity (Wildman–Crippen MR) is 149 cm³/mol. The zero-order valence-electron chi connectivity index (χ0n) is 21.5. The number of thiophene rings is 1. The Morgan fingerprint density at radius 3 is 2.03 bits per heavy atom. The van der Waals surface area contributed by atoms with E-state index in [0.29, 0.717) is 34.0 Å². The maximum atomic E-state index is 13.3. The van der Waals surface area contributed by atoms with E-state index in [2.05, 4.69) is 15.4 Å². The van der Waals surface area contributed by atoms with Gasteiger partial charge in [0.2, 0.25) is 10.0 Å². The van der Waals surface area contributed by atoms with Gasteiger partial charge in [0.25, 0.3) is 0 Å². The zero-order valence-corrected chi connectivity index (χ0v) is 23.9. The molecule has 38 heavy (non-hydrogen) atoms. The van der Waals surface area contributed by atoms with Crippen LogP contribution in [0.4, 0.5) is 10.7 Å². The number of ether oxygens (including phenoxy) is 2. The number of rotatable bonds is 7. The van der Waals surface area contributed by atoms with Gasteiger partial charge in [0.15, 0.2) is 5.11 Å². The number of carbonyl (C=O) groups excluding carboxylic acids is 2. The van der Waals surface area contributed by atoms with Gasteiger partial charge in [-0.3, -0.25) is 0 Å². The number of methoxy groups -OCH3 is 2. The van der Waals surface area contributed by atoms with Gasteiger partial charge in [0, 0.05) is 11.2 Å². The fourth-order valence-corrected chi connectivity index (χ4v) is 9.63. The normalized spacial score (nSPS) is 25.6. The summed E-state index contributed by atoms with van der Waals surface area (Å²) in [5.74, 6) is 0.738. The number of hydrogen-bond donors (Lipinski definition) is 3. The topological polar surface area (TPSA) is 123 Å². The fourth-order valence-electron chi connectivity index (χ4n) is 6.80. The first-order chi connectivity index (χ1) is 18.0. The number of carbonyl (C=O) groups is 2. The lowest BCUT2D eigenvalue weighted by molar-refractivity contribution is -0.00811. The molecule has 0 unspecified atom stereocenters. The molecule has 0 atom stereocenters.